The molecule has 1 atom stereocenters. The second kappa shape index (κ2) is 6.22. The predicted octanol–water partition coefficient (Wildman–Crippen LogP) is 1.36. The number of sulfonamides is 1. The van der Waals surface area contributed by atoms with Crippen LogP contribution in [-0.4, -0.2) is 40.1 Å². The van der Waals surface area contributed by atoms with Crippen molar-refractivity contribution in [1.82, 2.24) is 4.72 Å². The molecule has 2 heterocycles. The Bertz CT molecular complexity index is 724. The van der Waals surface area contributed by atoms with Crippen LogP contribution in [0.3, 0.4) is 0 Å². The van der Waals surface area contributed by atoms with Crippen LogP contribution in [-0.2, 0) is 26.0 Å². The molecule has 0 bridgehead atoms. The lowest BCUT2D eigenvalue weighted by Crippen LogP contribution is -2.32. The van der Waals surface area contributed by atoms with Crippen molar-refractivity contribution < 1.29 is 17.9 Å². The van der Waals surface area contributed by atoms with Crippen molar-refractivity contribution in [3.63, 3.8) is 0 Å². The van der Waals surface area contributed by atoms with Crippen molar-refractivity contribution in [2.75, 3.05) is 24.6 Å². The molecule has 0 aromatic heterocycles. The molecule has 23 heavy (non-hydrogen) atoms. The Morgan fingerprint density at radius 1 is 1.43 bits per heavy atom. The molecule has 0 saturated carbocycles. The molecule has 1 amide bonds. The zero-order valence-corrected chi connectivity index (χ0v) is 14.3. The van der Waals surface area contributed by atoms with Crippen LogP contribution >= 0.6 is 0 Å². The van der Waals surface area contributed by atoms with E-state index < -0.39 is 10.0 Å². The first-order valence-corrected chi connectivity index (χ1v) is 9.39. The summed E-state index contributed by atoms with van der Waals surface area (Å²) < 4.78 is 33.3. The summed E-state index contributed by atoms with van der Waals surface area (Å²) in [5.41, 5.74) is 2.44. The highest BCUT2D eigenvalue weighted by Crippen LogP contribution is 2.32. The Labute approximate surface area is 136 Å². The monoisotopic (exact) mass is 338 g/mol. The van der Waals surface area contributed by atoms with Crippen molar-refractivity contribution in [1.29, 1.82) is 0 Å². The number of carbonyl (C=O) groups is 1. The first-order valence-electron chi connectivity index (χ1n) is 7.91. The zero-order valence-electron chi connectivity index (χ0n) is 13.5. The lowest BCUT2D eigenvalue weighted by molar-refractivity contribution is -0.116. The molecule has 0 unspecified atom stereocenters. The smallest absolute Gasteiger partial charge is 0.240 e. The molecule has 126 valence electrons. The first-order chi connectivity index (χ1) is 10.9. The fraction of sp³-hybridized carbons (Fsp3) is 0.562. The molecule has 1 aromatic rings. The van der Waals surface area contributed by atoms with Crippen LogP contribution in [0.25, 0.3) is 0 Å². The van der Waals surface area contributed by atoms with E-state index in [-0.39, 0.29) is 23.5 Å². The summed E-state index contributed by atoms with van der Waals surface area (Å²) in [5.74, 6) is -0.0664. The van der Waals surface area contributed by atoms with Gasteiger partial charge in [0, 0.05) is 32.3 Å². The highest BCUT2D eigenvalue weighted by Gasteiger charge is 2.27. The van der Waals surface area contributed by atoms with Gasteiger partial charge in [-0.25, -0.2) is 13.1 Å². The largest absolute Gasteiger partial charge is 0.377 e. The number of carbonyl (C=O) groups excluding carboxylic acids is 1. The van der Waals surface area contributed by atoms with Crippen LogP contribution in [0.2, 0.25) is 0 Å². The highest BCUT2D eigenvalue weighted by atomic mass is 32.2. The van der Waals surface area contributed by atoms with E-state index in [2.05, 4.69) is 4.72 Å². The van der Waals surface area contributed by atoms with Gasteiger partial charge < -0.3 is 9.64 Å². The summed E-state index contributed by atoms with van der Waals surface area (Å²) in [4.78, 5) is 13.6. The maximum Gasteiger partial charge on any atom is 0.240 e. The van der Waals surface area contributed by atoms with Gasteiger partial charge >= 0.3 is 0 Å². The molecular weight excluding hydrogens is 316 g/mol. The van der Waals surface area contributed by atoms with Crippen LogP contribution < -0.4 is 9.62 Å². The standard InChI is InChI=1S/C16H22N2O4S/c1-11-8-13-5-6-18(12(2)19)15(13)9-16(11)23(20,21)17-10-14-4-3-7-22-14/h8-9,14,17H,3-7,10H2,1-2H3/t14-/m0/s1. The molecule has 6 nitrogen and oxygen atoms in total. The van der Waals surface area contributed by atoms with Crippen molar-refractivity contribution in [3.05, 3.63) is 23.3 Å². The number of hydrogen-bond acceptors (Lipinski definition) is 4. The third kappa shape index (κ3) is 3.27. The maximum absolute atomic E-state index is 12.6. The highest BCUT2D eigenvalue weighted by molar-refractivity contribution is 7.89. The van der Waals surface area contributed by atoms with Gasteiger partial charge in [-0.2, -0.15) is 0 Å². The molecule has 1 N–H and O–H groups in total. The second-order valence-corrected chi connectivity index (χ2v) is 7.89. The number of nitrogens with zero attached hydrogens (tertiary/aromatic N) is 1. The fourth-order valence-corrected chi connectivity index (χ4v) is 4.55. The summed E-state index contributed by atoms with van der Waals surface area (Å²) in [6.45, 7) is 4.88. The van der Waals surface area contributed by atoms with E-state index in [1.54, 1.807) is 17.9 Å². The maximum atomic E-state index is 12.6. The summed E-state index contributed by atoms with van der Waals surface area (Å²) >= 11 is 0. The van der Waals surface area contributed by atoms with E-state index >= 15 is 0 Å². The van der Waals surface area contributed by atoms with Crippen molar-refractivity contribution in [2.45, 2.75) is 44.1 Å². The van der Waals surface area contributed by atoms with E-state index in [1.807, 2.05) is 6.07 Å². The number of nitrogens with one attached hydrogen (secondary N) is 1. The van der Waals surface area contributed by atoms with Gasteiger partial charge in [-0.05, 0) is 43.4 Å². The van der Waals surface area contributed by atoms with E-state index in [0.717, 1.165) is 24.8 Å². The minimum Gasteiger partial charge on any atom is -0.377 e. The topological polar surface area (TPSA) is 75.7 Å². The Morgan fingerprint density at radius 3 is 2.87 bits per heavy atom. The van der Waals surface area contributed by atoms with E-state index in [9.17, 15) is 13.2 Å². The molecule has 0 radical (unpaired) electrons. The first kappa shape index (κ1) is 16.4. The molecule has 1 saturated heterocycles. The third-order valence-electron chi connectivity index (χ3n) is 4.47. The van der Waals surface area contributed by atoms with E-state index in [0.29, 0.717) is 24.4 Å². The van der Waals surface area contributed by atoms with Gasteiger partial charge in [0.25, 0.3) is 0 Å². The second-order valence-electron chi connectivity index (χ2n) is 6.15. The number of fused-ring (bicyclic) bond motifs is 1. The Balaban J connectivity index is 1.86. The van der Waals surface area contributed by atoms with Crippen LogP contribution in [0.4, 0.5) is 5.69 Å². The van der Waals surface area contributed by atoms with Crippen molar-refractivity contribution in [3.8, 4) is 0 Å². The average Bonchev–Trinajstić information content (AvgIpc) is 3.13. The number of anilines is 1. The summed E-state index contributed by atoms with van der Waals surface area (Å²) in [6, 6.07) is 3.50. The summed E-state index contributed by atoms with van der Waals surface area (Å²) in [7, 11) is -3.62. The van der Waals surface area contributed by atoms with Crippen molar-refractivity contribution >= 4 is 21.6 Å². The number of hydrogen-bond donors (Lipinski definition) is 1. The van der Waals surface area contributed by atoms with Crippen LogP contribution in [0.5, 0.6) is 0 Å². The SMILES string of the molecule is CC(=O)N1CCc2cc(C)c(S(=O)(=O)NC[C@@H]3CCCO3)cc21. The minimum atomic E-state index is -3.62. The Hall–Kier alpha value is -1.44. The number of ether oxygens (including phenoxy) is 1. The molecule has 1 aromatic carbocycles. The van der Waals surface area contributed by atoms with Crippen LogP contribution in [0, 0.1) is 6.92 Å². The molecule has 0 spiro atoms. The zero-order chi connectivity index (χ0) is 16.6. The fourth-order valence-electron chi connectivity index (χ4n) is 3.24. The number of rotatable bonds is 4. The number of amides is 1. The number of aryl methyl sites for hydroxylation is 1. The molecule has 3 rings (SSSR count). The van der Waals surface area contributed by atoms with Gasteiger partial charge in [0.1, 0.15) is 0 Å². The van der Waals surface area contributed by atoms with Gasteiger partial charge in [0.05, 0.1) is 11.0 Å². The van der Waals surface area contributed by atoms with Gasteiger partial charge in [-0.1, -0.05) is 6.07 Å². The molecule has 2 aliphatic rings. The van der Waals surface area contributed by atoms with Gasteiger partial charge in [-0.3, -0.25) is 4.79 Å². The molecule has 0 aliphatic carbocycles. The third-order valence-corrected chi connectivity index (χ3v) is 6.03. The minimum absolute atomic E-state index is 0.0479. The van der Waals surface area contributed by atoms with Gasteiger partial charge in [0.2, 0.25) is 15.9 Å². The molecule has 2 aliphatic heterocycles. The molecular formula is C16H22N2O4S. The van der Waals surface area contributed by atoms with Crippen molar-refractivity contribution in [2.24, 2.45) is 0 Å². The van der Waals surface area contributed by atoms with Gasteiger partial charge in [-0.15, -0.1) is 0 Å². The van der Waals surface area contributed by atoms with Crippen LogP contribution in [0.15, 0.2) is 17.0 Å². The predicted molar refractivity (Wildman–Crippen MR) is 87.1 cm³/mol. The van der Waals surface area contributed by atoms with E-state index in [4.69, 9.17) is 4.74 Å². The Kier molecular flexibility index (Phi) is 4.44. The summed E-state index contributed by atoms with van der Waals surface area (Å²) in [6.07, 6.45) is 2.56. The lowest BCUT2D eigenvalue weighted by Gasteiger charge is -2.18. The molecule has 1 fully saturated rings. The van der Waals surface area contributed by atoms with E-state index in [1.165, 1.54) is 6.92 Å². The average molecular weight is 338 g/mol. The lowest BCUT2D eigenvalue weighted by atomic mass is 10.1. The number of benzene rings is 1. The normalized spacial score (nSPS) is 20.8. The molecule has 7 heteroatoms. The Morgan fingerprint density at radius 2 is 2.22 bits per heavy atom. The quantitative estimate of drug-likeness (QED) is 0.899. The van der Waals surface area contributed by atoms with Crippen LogP contribution in [0.1, 0.15) is 30.9 Å². The summed E-state index contributed by atoms with van der Waals surface area (Å²) in [5, 5.41) is 0. The van der Waals surface area contributed by atoms with Gasteiger partial charge in [0.15, 0.2) is 0 Å².